The summed E-state index contributed by atoms with van der Waals surface area (Å²) in [7, 11) is 0. The van der Waals surface area contributed by atoms with Crippen molar-refractivity contribution >= 4 is 39.2 Å². The Morgan fingerprint density at radius 3 is 2.68 bits per heavy atom. The molecule has 0 spiro atoms. The van der Waals surface area contributed by atoms with Crippen LogP contribution in [0.5, 0.6) is 0 Å². The average molecular weight is 487 g/mol. The molecule has 4 rings (SSSR count). The lowest BCUT2D eigenvalue weighted by Gasteiger charge is -2.36. The van der Waals surface area contributed by atoms with E-state index in [1.165, 1.54) is 0 Å². The summed E-state index contributed by atoms with van der Waals surface area (Å²) in [4.78, 5) is 33.9. The first kappa shape index (κ1) is 21.8. The van der Waals surface area contributed by atoms with Crippen molar-refractivity contribution in [3.8, 4) is 0 Å². The van der Waals surface area contributed by atoms with Crippen LogP contribution in [0, 0.1) is 5.92 Å². The zero-order valence-corrected chi connectivity index (χ0v) is 19.3. The molecule has 3 unspecified atom stereocenters. The van der Waals surface area contributed by atoms with E-state index in [4.69, 9.17) is 4.74 Å². The summed E-state index contributed by atoms with van der Waals surface area (Å²) in [6.07, 6.45) is 2.64. The van der Waals surface area contributed by atoms with Crippen LogP contribution < -0.4 is 15.1 Å². The maximum Gasteiger partial charge on any atom is 0.239 e. The van der Waals surface area contributed by atoms with E-state index in [2.05, 4.69) is 45.0 Å². The van der Waals surface area contributed by atoms with Crippen LogP contribution >= 0.6 is 15.9 Å². The molecule has 2 aromatic rings. The highest BCUT2D eigenvalue weighted by Crippen LogP contribution is 2.27. The molecule has 2 saturated heterocycles. The van der Waals surface area contributed by atoms with E-state index >= 15 is 0 Å². The van der Waals surface area contributed by atoms with E-state index in [1.54, 1.807) is 11.1 Å². The highest BCUT2D eigenvalue weighted by atomic mass is 79.9. The number of carbonyl (C=O) groups is 2. The second-order valence-electron chi connectivity index (χ2n) is 8.22. The largest absolute Gasteiger partial charge is 0.372 e. The van der Waals surface area contributed by atoms with Gasteiger partial charge >= 0.3 is 0 Å². The summed E-state index contributed by atoms with van der Waals surface area (Å²) in [5.41, 5.74) is 1.71. The van der Waals surface area contributed by atoms with Crippen LogP contribution in [0.4, 0.5) is 11.5 Å². The Hall–Kier alpha value is -2.45. The summed E-state index contributed by atoms with van der Waals surface area (Å²) >= 11 is 3.43. The van der Waals surface area contributed by atoms with Gasteiger partial charge in [0.25, 0.3) is 0 Å². The number of hydrogen-bond donors (Lipinski definition) is 1. The molecule has 0 saturated carbocycles. The Morgan fingerprint density at radius 1 is 1.23 bits per heavy atom. The third kappa shape index (κ3) is 5.07. The fourth-order valence-electron chi connectivity index (χ4n) is 4.21. The predicted octanol–water partition coefficient (Wildman–Crippen LogP) is 3.13. The van der Waals surface area contributed by atoms with Crippen molar-refractivity contribution in [2.24, 2.45) is 5.92 Å². The molecule has 31 heavy (non-hydrogen) atoms. The third-order valence-corrected chi connectivity index (χ3v) is 6.15. The summed E-state index contributed by atoms with van der Waals surface area (Å²) in [6.45, 7) is 6.64. The third-order valence-electron chi connectivity index (χ3n) is 5.66. The summed E-state index contributed by atoms with van der Waals surface area (Å²) < 4.78 is 6.68. The number of anilines is 2. The van der Waals surface area contributed by atoms with E-state index in [-0.39, 0.29) is 24.0 Å². The van der Waals surface area contributed by atoms with Crippen LogP contribution in [0.15, 0.2) is 47.1 Å². The first-order chi connectivity index (χ1) is 14.9. The van der Waals surface area contributed by atoms with E-state index in [9.17, 15) is 9.59 Å². The molecule has 8 heteroatoms. The van der Waals surface area contributed by atoms with Crippen molar-refractivity contribution in [1.82, 2.24) is 10.3 Å². The summed E-state index contributed by atoms with van der Waals surface area (Å²) in [6, 6.07) is 11.5. The number of nitrogens with one attached hydrogen (secondary N) is 1. The lowest BCUT2D eigenvalue weighted by molar-refractivity contribution is -0.132. The summed E-state index contributed by atoms with van der Waals surface area (Å²) in [5.74, 6) is -0.128. The van der Waals surface area contributed by atoms with Crippen molar-refractivity contribution in [1.29, 1.82) is 0 Å². The molecule has 0 radical (unpaired) electrons. The molecule has 0 aliphatic carbocycles. The van der Waals surface area contributed by atoms with Gasteiger partial charge in [-0.05, 0) is 50.1 Å². The fraction of sp³-hybridized carbons (Fsp3) is 0.435. The molecule has 1 N–H and O–H groups in total. The zero-order chi connectivity index (χ0) is 22.0. The molecule has 7 nitrogen and oxygen atoms in total. The molecule has 3 atom stereocenters. The standard InChI is InChI=1S/C23H27BrN4O3/c1-15-13-27(14-16(2)31-15)21-7-6-17(11-25-21)12-26-22(29)20-8-9-28(23(20)30)19-5-3-4-18(24)10-19/h3-7,10-11,15-16,20H,8-9,12-14H2,1-2H3,(H,26,29). The van der Waals surface area contributed by atoms with E-state index < -0.39 is 5.92 Å². The number of rotatable bonds is 5. The number of carbonyl (C=O) groups excluding carboxylic acids is 2. The minimum absolute atomic E-state index is 0.153. The summed E-state index contributed by atoms with van der Waals surface area (Å²) in [5, 5.41) is 2.90. The highest BCUT2D eigenvalue weighted by Gasteiger charge is 2.37. The Bertz CT molecular complexity index is 942. The maximum absolute atomic E-state index is 12.8. The number of benzene rings is 1. The Balaban J connectivity index is 1.32. The predicted molar refractivity (Wildman–Crippen MR) is 123 cm³/mol. The number of amides is 2. The van der Waals surface area contributed by atoms with Crippen molar-refractivity contribution in [2.75, 3.05) is 29.4 Å². The van der Waals surface area contributed by atoms with Gasteiger partial charge in [0, 0.05) is 42.5 Å². The van der Waals surface area contributed by atoms with E-state index in [0.29, 0.717) is 19.5 Å². The van der Waals surface area contributed by atoms with Gasteiger partial charge in [-0.15, -0.1) is 0 Å². The minimum Gasteiger partial charge on any atom is -0.372 e. The van der Waals surface area contributed by atoms with Crippen molar-refractivity contribution in [3.05, 3.63) is 52.6 Å². The average Bonchev–Trinajstić information content (AvgIpc) is 3.13. The number of pyridine rings is 1. The maximum atomic E-state index is 12.8. The topological polar surface area (TPSA) is 74.8 Å². The molecule has 2 aliphatic rings. The normalized spacial score (nSPS) is 23.8. The fourth-order valence-corrected chi connectivity index (χ4v) is 4.60. The second kappa shape index (κ2) is 9.36. The first-order valence-corrected chi connectivity index (χ1v) is 11.4. The van der Waals surface area contributed by atoms with Gasteiger partial charge in [-0.3, -0.25) is 9.59 Å². The van der Waals surface area contributed by atoms with E-state index in [1.807, 2.05) is 36.4 Å². The molecule has 2 aliphatic heterocycles. The Kier molecular flexibility index (Phi) is 6.57. The molecular weight excluding hydrogens is 460 g/mol. The smallest absolute Gasteiger partial charge is 0.239 e. The number of hydrogen-bond acceptors (Lipinski definition) is 5. The molecule has 3 heterocycles. The van der Waals surface area contributed by atoms with Crippen LogP contribution in [-0.2, 0) is 20.9 Å². The quantitative estimate of drug-likeness (QED) is 0.657. The molecule has 164 valence electrons. The van der Waals surface area contributed by atoms with Crippen molar-refractivity contribution in [3.63, 3.8) is 0 Å². The van der Waals surface area contributed by atoms with Crippen molar-refractivity contribution < 1.29 is 14.3 Å². The van der Waals surface area contributed by atoms with Crippen molar-refractivity contribution in [2.45, 2.75) is 39.0 Å². The van der Waals surface area contributed by atoms with Gasteiger partial charge in [0.15, 0.2) is 0 Å². The number of aromatic nitrogens is 1. The Morgan fingerprint density at radius 2 is 2.00 bits per heavy atom. The molecule has 0 bridgehead atoms. The van der Waals surface area contributed by atoms with Gasteiger partial charge < -0.3 is 19.9 Å². The number of nitrogens with zero attached hydrogens (tertiary/aromatic N) is 3. The second-order valence-corrected chi connectivity index (χ2v) is 9.13. The molecular formula is C23H27BrN4O3. The van der Waals surface area contributed by atoms with Gasteiger partial charge in [0.05, 0.1) is 12.2 Å². The number of halogens is 1. The van der Waals surface area contributed by atoms with E-state index in [0.717, 1.165) is 34.6 Å². The van der Waals surface area contributed by atoms with Crippen LogP contribution in [-0.4, -0.2) is 48.6 Å². The molecule has 2 amide bonds. The molecule has 2 fully saturated rings. The highest BCUT2D eigenvalue weighted by molar-refractivity contribution is 9.10. The molecule has 1 aromatic heterocycles. The molecule has 1 aromatic carbocycles. The van der Waals surface area contributed by atoms with Gasteiger partial charge in [-0.25, -0.2) is 4.98 Å². The van der Waals surface area contributed by atoms with Crippen LogP contribution in [0.2, 0.25) is 0 Å². The van der Waals surface area contributed by atoms with Gasteiger partial charge in [-0.2, -0.15) is 0 Å². The number of ether oxygens (including phenoxy) is 1. The van der Waals surface area contributed by atoms with Crippen LogP contribution in [0.25, 0.3) is 0 Å². The lowest BCUT2D eigenvalue weighted by atomic mass is 10.1. The van der Waals surface area contributed by atoms with Crippen LogP contribution in [0.3, 0.4) is 0 Å². The zero-order valence-electron chi connectivity index (χ0n) is 17.8. The monoisotopic (exact) mass is 486 g/mol. The minimum atomic E-state index is -0.650. The SMILES string of the molecule is CC1CN(c2ccc(CNC(=O)C3CCN(c4cccc(Br)c4)C3=O)cn2)CC(C)O1. The first-order valence-electron chi connectivity index (χ1n) is 10.6. The van der Waals surface area contributed by atoms with Gasteiger partial charge in [0.2, 0.25) is 11.8 Å². The lowest BCUT2D eigenvalue weighted by Crippen LogP contribution is -2.45. The Labute approximate surface area is 190 Å². The van der Waals surface area contributed by atoms with Crippen LogP contribution in [0.1, 0.15) is 25.8 Å². The number of morpholine rings is 1. The van der Waals surface area contributed by atoms with Gasteiger partial charge in [0.1, 0.15) is 11.7 Å². The van der Waals surface area contributed by atoms with Gasteiger partial charge in [-0.1, -0.05) is 28.1 Å².